The highest BCUT2D eigenvalue weighted by Crippen LogP contribution is 2.14. The fourth-order valence-corrected chi connectivity index (χ4v) is 4.24. The largest absolute Gasteiger partial charge is 0.445 e. The van der Waals surface area contributed by atoms with Gasteiger partial charge in [0.1, 0.15) is 13.2 Å². The summed E-state index contributed by atoms with van der Waals surface area (Å²) in [6, 6.07) is 19.2. The minimum atomic E-state index is -0.440. The normalized spacial score (nSPS) is 23.2. The van der Waals surface area contributed by atoms with Crippen molar-refractivity contribution in [3.8, 4) is 0 Å². The first-order chi connectivity index (χ1) is 18.3. The summed E-state index contributed by atoms with van der Waals surface area (Å²) in [7, 11) is 0. The minimum absolute atomic E-state index is 0.00450. The Morgan fingerprint density at radius 3 is 1.45 bits per heavy atom. The maximum Gasteiger partial charge on any atom is 0.410 e. The molecule has 10 nitrogen and oxygen atoms in total. The van der Waals surface area contributed by atoms with Crippen LogP contribution < -0.4 is 10.6 Å². The third kappa shape index (κ3) is 8.98. The molecule has 2 fully saturated rings. The van der Waals surface area contributed by atoms with Gasteiger partial charge in [0, 0.05) is 39.3 Å². The number of ether oxygens (including phenoxy) is 2. The molecule has 38 heavy (non-hydrogen) atoms. The van der Waals surface area contributed by atoms with Crippen molar-refractivity contribution in [2.75, 3.05) is 52.5 Å². The van der Waals surface area contributed by atoms with Gasteiger partial charge in [-0.3, -0.25) is 0 Å². The number of aliphatic hydroxyl groups is 2. The quantitative estimate of drug-likeness (QED) is 0.449. The molecule has 208 valence electrons. The summed E-state index contributed by atoms with van der Waals surface area (Å²) in [6.07, 6.45) is -0.657. The van der Waals surface area contributed by atoms with Gasteiger partial charge >= 0.3 is 12.2 Å². The maximum atomic E-state index is 12.0. The molecule has 2 aliphatic heterocycles. The number of amides is 2. The maximum absolute atomic E-state index is 12.0. The molecule has 0 saturated carbocycles. The second kappa shape index (κ2) is 14.1. The molecule has 0 radical (unpaired) electrons. The molecule has 10 heteroatoms. The standard InChI is InChI=1S/2C14H20N2O3/c2*1-14(11-17)10-16(8-7-15-14)13(18)19-9-12-5-3-2-4-6-12/h2*2-6,15,17H,7-11H2,1H3/t2*14-/m10/s1. The molecule has 0 spiro atoms. The van der Waals surface area contributed by atoms with Gasteiger partial charge in [-0.15, -0.1) is 0 Å². The molecule has 4 rings (SSSR count). The van der Waals surface area contributed by atoms with Crippen molar-refractivity contribution in [1.29, 1.82) is 0 Å². The van der Waals surface area contributed by atoms with Crippen molar-refractivity contribution in [1.82, 2.24) is 20.4 Å². The molecule has 2 amide bonds. The Morgan fingerprint density at radius 2 is 1.11 bits per heavy atom. The van der Waals surface area contributed by atoms with Crippen LogP contribution in [0.1, 0.15) is 25.0 Å². The first kappa shape index (κ1) is 29.4. The van der Waals surface area contributed by atoms with E-state index in [1.165, 1.54) is 0 Å². The van der Waals surface area contributed by atoms with Crippen LogP contribution in [-0.2, 0) is 22.7 Å². The van der Waals surface area contributed by atoms with E-state index in [0.29, 0.717) is 39.3 Å². The van der Waals surface area contributed by atoms with Crippen molar-refractivity contribution in [2.45, 2.75) is 38.1 Å². The van der Waals surface area contributed by atoms with E-state index in [2.05, 4.69) is 10.6 Å². The third-order valence-electron chi connectivity index (χ3n) is 6.57. The van der Waals surface area contributed by atoms with Gasteiger partial charge in [0.15, 0.2) is 0 Å². The average molecular weight is 529 g/mol. The second-order valence-electron chi connectivity index (χ2n) is 10.2. The summed E-state index contributed by atoms with van der Waals surface area (Å²) >= 11 is 0. The van der Waals surface area contributed by atoms with Crippen molar-refractivity contribution < 1.29 is 29.3 Å². The van der Waals surface area contributed by atoms with E-state index in [0.717, 1.165) is 11.1 Å². The van der Waals surface area contributed by atoms with Crippen LogP contribution in [0.5, 0.6) is 0 Å². The van der Waals surface area contributed by atoms with E-state index >= 15 is 0 Å². The molecule has 0 aliphatic carbocycles. The van der Waals surface area contributed by atoms with Gasteiger partial charge in [0.05, 0.1) is 24.3 Å². The van der Waals surface area contributed by atoms with Gasteiger partial charge in [-0.05, 0) is 25.0 Å². The molecule has 2 atom stereocenters. The SMILES string of the molecule is C[C@@]1(CO)CN(C(=O)OCc2ccccc2)CCN1.C[C@]1(CO)CN(C(=O)OCc2ccccc2)CCN1. The van der Waals surface area contributed by atoms with Crippen LogP contribution in [0.4, 0.5) is 9.59 Å². The molecule has 2 aromatic rings. The van der Waals surface area contributed by atoms with Crippen LogP contribution >= 0.6 is 0 Å². The third-order valence-corrected chi connectivity index (χ3v) is 6.57. The molecule has 2 heterocycles. The summed E-state index contributed by atoms with van der Waals surface area (Å²) in [5, 5.41) is 25.0. The Morgan fingerprint density at radius 1 is 0.737 bits per heavy atom. The number of carbonyl (C=O) groups excluding carboxylic acids is 2. The highest BCUT2D eigenvalue weighted by molar-refractivity contribution is 5.68. The average Bonchev–Trinajstić information content (AvgIpc) is 2.96. The predicted molar refractivity (Wildman–Crippen MR) is 143 cm³/mol. The zero-order valence-corrected chi connectivity index (χ0v) is 22.3. The fraction of sp³-hybridized carbons (Fsp3) is 0.500. The Bertz CT molecular complexity index is 929. The van der Waals surface area contributed by atoms with Gasteiger partial charge in [-0.25, -0.2) is 9.59 Å². The highest BCUT2D eigenvalue weighted by atomic mass is 16.6. The Balaban J connectivity index is 0.000000211. The van der Waals surface area contributed by atoms with Crippen molar-refractivity contribution in [3.05, 3.63) is 71.8 Å². The van der Waals surface area contributed by atoms with Crippen LogP contribution in [0.15, 0.2) is 60.7 Å². The Labute approximate surface area is 224 Å². The van der Waals surface area contributed by atoms with E-state index in [1.807, 2.05) is 74.5 Å². The monoisotopic (exact) mass is 528 g/mol. The van der Waals surface area contributed by atoms with Crippen molar-refractivity contribution in [3.63, 3.8) is 0 Å². The lowest BCUT2D eigenvalue weighted by atomic mass is 10.0. The molecule has 2 aromatic carbocycles. The molecular weight excluding hydrogens is 488 g/mol. The number of piperazine rings is 2. The summed E-state index contributed by atoms with van der Waals surface area (Å²) in [5.41, 5.74) is 1.06. The molecule has 0 aromatic heterocycles. The number of nitrogens with zero attached hydrogens (tertiary/aromatic N) is 2. The topological polar surface area (TPSA) is 124 Å². The molecule has 2 saturated heterocycles. The lowest BCUT2D eigenvalue weighted by Gasteiger charge is -2.39. The first-order valence-electron chi connectivity index (χ1n) is 12.9. The molecule has 2 aliphatic rings. The second-order valence-corrected chi connectivity index (χ2v) is 10.2. The van der Waals surface area contributed by atoms with Gasteiger partial charge in [-0.1, -0.05) is 60.7 Å². The van der Waals surface area contributed by atoms with Gasteiger partial charge in [-0.2, -0.15) is 0 Å². The lowest BCUT2D eigenvalue weighted by Crippen LogP contribution is -2.61. The number of hydrogen-bond acceptors (Lipinski definition) is 8. The van der Waals surface area contributed by atoms with Crippen LogP contribution in [0.2, 0.25) is 0 Å². The summed E-state index contributed by atoms with van der Waals surface area (Å²) < 4.78 is 10.6. The molecule has 0 unspecified atom stereocenters. The lowest BCUT2D eigenvalue weighted by molar-refractivity contribution is 0.0552. The summed E-state index contributed by atoms with van der Waals surface area (Å²) in [4.78, 5) is 27.2. The van der Waals surface area contributed by atoms with Crippen LogP contribution in [0.3, 0.4) is 0 Å². The van der Waals surface area contributed by atoms with E-state index in [1.54, 1.807) is 9.80 Å². The van der Waals surface area contributed by atoms with Crippen molar-refractivity contribution >= 4 is 12.2 Å². The van der Waals surface area contributed by atoms with E-state index in [4.69, 9.17) is 9.47 Å². The zero-order chi connectivity index (χ0) is 27.4. The van der Waals surface area contributed by atoms with Gasteiger partial charge in [0.25, 0.3) is 0 Å². The summed E-state index contributed by atoms with van der Waals surface area (Å²) in [6.45, 7) is 7.77. The minimum Gasteiger partial charge on any atom is -0.445 e. The van der Waals surface area contributed by atoms with Crippen LogP contribution in [-0.4, -0.2) is 95.8 Å². The number of carbonyl (C=O) groups is 2. The van der Waals surface area contributed by atoms with Gasteiger partial charge in [0.2, 0.25) is 0 Å². The fourth-order valence-electron chi connectivity index (χ4n) is 4.24. The van der Waals surface area contributed by atoms with Crippen LogP contribution in [0.25, 0.3) is 0 Å². The van der Waals surface area contributed by atoms with Crippen LogP contribution in [0, 0.1) is 0 Å². The summed E-state index contributed by atoms with van der Waals surface area (Å²) in [5.74, 6) is 0. The first-order valence-corrected chi connectivity index (χ1v) is 12.9. The number of hydrogen-bond donors (Lipinski definition) is 4. The highest BCUT2D eigenvalue weighted by Gasteiger charge is 2.33. The molecule has 4 N–H and O–H groups in total. The molecule has 0 bridgehead atoms. The smallest absolute Gasteiger partial charge is 0.410 e. The number of aliphatic hydroxyl groups excluding tert-OH is 2. The number of nitrogens with one attached hydrogen (secondary N) is 2. The molecular formula is C28H40N4O6. The van der Waals surface area contributed by atoms with Gasteiger partial charge < -0.3 is 40.1 Å². The Kier molecular flexibility index (Phi) is 10.9. The predicted octanol–water partition coefficient (Wildman–Crippen LogP) is 1.96. The van der Waals surface area contributed by atoms with E-state index in [-0.39, 0.29) is 38.6 Å². The zero-order valence-electron chi connectivity index (χ0n) is 22.3. The van der Waals surface area contributed by atoms with Crippen molar-refractivity contribution in [2.24, 2.45) is 0 Å². The van der Waals surface area contributed by atoms with E-state index in [9.17, 15) is 19.8 Å². The van der Waals surface area contributed by atoms with E-state index < -0.39 is 11.1 Å². The Hall–Kier alpha value is -3.18. The number of benzene rings is 2. The number of rotatable bonds is 6.